The summed E-state index contributed by atoms with van der Waals surface area (Å²) in [5, 5.41) is 16.1. The maximum absolute atomic E-state index is 12.8. The Balaban J connectivity index is 1.84. The zero-order valence-electron chi connectivity index (χ0n) is 16.2. The highest BCUT2D eigenvalue weighted by Gasteiger charge is 2.55. The first-order valence-electron chi connectivity index (χ1n) is 8.57. The van der Waals surface area contributed by atoms with Gasteiger partial charge in [-0.15, -0.1) is 34.9 Å². The largest absolute Gasteiger partial charge is 0.477 e. The summed E-state index contributed by atoms with van der Waals surface area (Å²) in [6, 6.07) is -0.993. The number of nitrogen functional groups attached to an aromatic ring is 1. The average molecular weight is 487 g/mol. The molecule has 1 aromatic heterocycles. The molecule has 1 saturated heterocycles. The van der Waals surface area contributed by atoms with E-state index >= 15 is 0 Å². The average Bonchev–Trinajstić information content (AvgIpc) is 3.15. The summed E-state index contributed by atoms with van der Waals surface area (Å²) in [7, 11) is 1.25. The van der Waals surface area contributed by atoms with Gasteiger partial charge < -0.3 is 26.7 Å². The number of aliphatic carboxylic acids is 1. The van der Waals surface area contributed by atoms with Crippen molar-refractivity contribution in [1.82, 2.24) is 15.2 Å². The molecule has 0 radical (unpaired) electrons. The van der Waals surface area contributed by atoms with Crippen molar-refractivity contribution < 1.29 is 29.1 Å². The molecule has 2 aliphatic rings. The third-order valence-electron chi connectivity index (χ3n) is 4.46. The van der Waals surface area contributed by atoms with Crippen LogP contribution in [0.1, 0.15) is 5.69 Å². The van der Waals surface area contributed by atoms with Gasteiger partial charge in [-0.25, -0.2) is 9.78 Å². The summed E-state index contributed by atoms with van der Waals surface area (Å²) in [5.41, 5.74) is 11.0. The van der Waals surface area contributed by atoms with Crippen molar-refractivity contribution in [3.63, 3.8) is 0 Å². The van der Waals surface area contributed by atoms with Crippen LogP contribution in [0.4, 0.5) is 5.13 Å². The lowest BCUT2D eigenvalue weighted by Gasteiger charge is -2.49. The molecule has 3 rings (SSSR count). The number of thioether (sulfide) groups is 2. The van der Waals surface area contributed by atoms with Crippen LogP contribution in [0, 0.1) is 0 Å². The molecule has 31 heavy (non-hydrogen) atoms. The van der Waals surface area contributed by atoms with E-state index in [0.29, 0.717) is 0 Å². The zero-order chi connectivity index (χ0) is 22.9. The number of rotatable bonds is 8. The number of carbonyl (C=O) groups is 4. The quantitative estimate of drug-likeness (QED) is 0.202. The molecule has 15 heteroatoms. The second-order valence-electron chi connectivity index (χ2n) is 6.25. The van der Waals surface area contributed by atoms with Crippen LogP contribution in [0.3, 0.4) is 0 Å². The standard InChI is InChI=1S/C16H18N6O6S3/c1-28-21-7(6-4-31-16(18)19-6)12(24)20-8-13(25)22-9(15(26)27)5(3-30-14(8)22)10(29-2)11(17)23/h4,8,10,14H,3H2,1-2H3,(H2,17,23)(H2,18,19)(H,20,24)(H,26,27)/b21-7-/t8?,10?,14-/m1/s1. The number of carboxylic acids is 1. The molecule has 3 atom stereocenters. The molecule has 166 valence electrons. The number of nitrogens with zero attached hydrogens (tertiary/aromatic N) is 3. The molecule has 2 aliphatic heterocycles. The molecule has 6 N–H and O–H groups in total. The number of amides is 3. The van der Waals surface area contributed by atoms with E-state index in [9.17, 15) is 24.3 Å². The zero-order valence-corrected chi connectivity index (χ0v) is 18.7. The first-order chi connectivity index (χ1) is 14.7. The maximum atomic E-state index is 12.8. The van der Waals surface area contributed by atoms with Crippen LogP contribution in [0.5, 0.6) is 0 Å². The Bertz CT molecular complexity index is 1010. The number of nitrogens with two attached hydrogens (primary N) is 2. The first-order valence-corrected chi connectivity index (χ1v) is 11.8. The van der Waals surface area contributed by atoms with Gasteiger partial charge in [-0.1, -0.05) is 5.16 Å². The topological polar surface area (TPSA) is 190 Å². The third kappa shape index (κ3) is 4.20. The summed E-state index contributed by atoms with van der Waals surface area (Å²) in [4.78, 5) is 58.9. The Hall–Kier alpha value is -2.78. The molecule has 0 spiro atoms. The Morgan fingerprint density at radius 2 is 2.19 bits per heavy atom. The number of β-lactam (4-membered cyclic amide) rings is 1. The molecule has 0 saturated carbocycles. The van der Waals surface area contributed by atoms with Crippen molar-refractivity contribution >= 4 is 69.4 Å². The molecule has 3 amide bonds. The monoisotopic (exact) mass is 486 g/mol. The fourth-order valence-electron chi connectivity index (χ4n) is 3.18. The lowest BCUT2D eigenvalue weighted by molar-refractivity contribution is -0.150. The molecular weight excluding hydrogens is 468 g/mol. The summed E-state index contributed by atoms with van der Waals surface area (Å²) < 4.78 is 0. The SMILES string of the molecule is CO/N=C(\C(=O)NC1C(=O)N2C(C(=O)O)=C(C(SC)C(N)=O)CS[C@H]12)c1csc(N)n1. The van der Waals surface area contributed by atoms with Crippen molar-refractivity contribution in [1.29, 1.82) is 0 Å². The number of hydrogen-bond donors (Lipinski definition) is 4. The fourth-order valence-corrected chi connectivity index (χ4v) is 5.93. The molecule has 12 nitrogen and oxygen atoms in total. The number of oxime groups is 1. The van der Waals surface area contributed by atoms with Crippen molar-refractivity contribution in [3.8, 4) is 0 Å². The second-order valence-corrected chi connectivity index (χ2v) is 9.19. The van der Waals surface area contributed by atoms with Crippen LogP contribution < -0.4 is 16.8 Å². The van der Waals surface area contributed by atoms with Crippen LogP contribution >= 0.6 is 34.9 Å². The number of fused-ring (bicyclic) bond motifs is 1. The van der Waals surface area contributed by atoms with Crippen molar-refractivity contribution in [3.05, 3.63) is 22.3 Å². The first kappa shape index (κ1) is 22.9. The predicted molar refractivity (Wildman–Crippen MR) is 116 cm³/mol. The minimum atomic E-state index is -1.35. The van der Waals surface area contributed by atoms with Gasteiger partial charge in [0.05, 0.1) is 0 Å². The van der Waals surface area contributed by atoms with Crippen LogP contribution in [0.15, 0.2) is 21.8 Å². The number of carboxylic acid groups (broad SMARTS) is 1. The lowest BCUT2D eigenvalue weighted by Crippen LogP contribution is -2.71. The molecule has 3 heterocycles. The molecule has 0 bridgehead atoms. The van der Waals surface area contributed by atoms with Gasteiger partial charge in [-0.05, 0) is 11.8 Å². The number of primary amides is 1. The van der Waals surface area contributed by atoms with Gasteiger partial charge in [-0.3, -0.25) is 19.3 Å². The van der Waals surface area contributed by atoms with Crippen LogP contribution in [0.2, 0.25) is 0 Å². The van der Waals surface area contributed by atoms with E-state index in [2.05, 4.69) is 15.5 Å². The number of hydrogen-bond acceptors (Lipinski definition) is 11. The Labute approximate surface area is 188 Å². The molecule has 1 aromatic rings. The summed E-state index contributed by atoms with van der Waals surface area (Å²) in [6.45, 7) is 0. The van der Waals surface area contributed by atoms with E-state index in [0.717, 1.165) is 28.0 Å². The fraction of sp³-hybridized carbons (Fsp3) is 0.375. The van der Waals surface area contributed by atoms with Crippen LogP contribution in [-0.2, 0) is 24.0 Å². The Morgan fingerprint density at radius 3 is 2.71 bits per heavy atom. The van der Waals surface area contributed by atoms with Gasteiger partial charge in [-0.2, -0.15) is 0 Å². The van der Waals surface area contributed by atoms with Gasteiger partial charge in [0.25, 0.3) is 11.8 Å². The van der Waals surface area contributed by atoms with Gasteiger partial charge in [0.2, 0.25) is 5.91 Å². The highest BCUT2D eigenvalue weighted by atomic mass is 32.2. The Morgan fingerprint density at radius 1 is 1.48 bits per heavy atom. The van der Waals surface area contributed by atoms with Crippen LogP contribution in [-0.4, -0.2) is 80.2 Å². The van der Waals surface area contributed by atoms with Crippen molar-refractivity contribution in [2.75, 3.05) is 24.9 Å². The van der Waals surface area contributed by atoms with Gasteiger partial charge in [0.1, 0.15) is 35.2 Å². The van der Waals surface area contributed by atoms with E-state index < -0.39 is 40.4 Å². The number of carbonyl (C=O) groups excluding carboxylic acids is 3. The molecule has 2 unspecified atom stereocenters. The summed E-state index contributed by atoms with van der Waals surface area (Å²) in [5.74, 6) is -3.23. The van der Waals surface area contributed by atoms with E-state index in [1.807, 2.05) is 0 Å². The van der Waals surface area contributed by atoms with Gasteiger partial charge in [0.15, 0.2) is 10.8 Å². The van der Waals surface area contributed by atoms with E-state index in [4.69, 9.17) is 16.3 Å². The van der Waals surface area contributed by atoms with Gasteiger partial charge >= 0.3 is 5.97 Å². The lowest BCUT2D eigenvalue weighted by atomic mass is 10.0. The minimum absolute atomic E-state index is 0.165. The normalized spacial score (nSPS) is 21.8. The number of nitrogens with one attached hydrogen (secondary N) is 1. The smallest absolute Gasteiger partial charge is 0.352 e. The third-order valence-corrected chi connectivity index (χ3v) is 7.42. The number of thiazole rings is 1. The number of anilines is 1. The van der Waals surface area contributed by atoms with E-state index in [-0.39, 0.29) is 33.6 Å². The van der Waals surface area contributed by atoms with Crippen molar-refractivity contribution in [2.24, 2.45) is 10.9 Å². The molecule has 1 fully saturated rings. The van der Waals surface area contributed by atoms with E-state index in [1.54, 1.807) is 6.26 Å². The Kier molecular flexibility index (Phi) is 6.76. The minimum Gasteiger partial charge on any atom is -0.477 e. The molecular formula is C16H18N6O6S3. The molecule has 0 aromatic carbocycles. The highest BCUT2D eigenvalue weighted by molar-refractivity contribution is 8.01. The predicted octanol–water partition coefficient (Wildman–Crippen LogP) is -0.969. The second kappa shape index (κ2) is 9.15. The van der Waals surface area contributed by atoms with Crippen molar-refractivity contribution in [2.45, 2.75) is 16.7 Å². The summed E-state index contributed by atoms with van der Waals surface area (Å²) in [6.07, 6.45) is 1.63. The summed E-state index contributed by atoms with van der Waals surface area (Å²) >= 11 is 3.42. The number of aromatic nitrogens is 1. The van der Waals surface area contributed by atoms with E-state index in [1.165, 1.54) is 24.3 Å². The van der Waals surface area contributed by atoms with Gasteiger partial charge in [0, 0.05) is 11.1 Å². The highest BCUT2D eigenvalue weighted by Crippen LogP contribution is 2.42. The maximum Gasteiger partial charge on any atom is 0.352 e. The van der Waals surface area contributed by atoms with Crippen LogP contribution in [0.25, 0.3) is 0 Å². The molecule has 0 aliphatic carbocycles.